The van der Waals surface area contributed by atoms with E-state index in [4.69, 9.17) is 4.74 Å². The molecule has 0 amide bonds. The Morgan fingerprint density at radius 1 is 1.35 bits per heavy atom. The average molecular weight is 251 g/mol. The number of ether oxygens (including phenoxy) is 1. The van der Waals surface area contributed by atoms with Crippen LogP contribution in [0.1, 0.15) is 15.9 Å². The number of methoxy groups -OCH3 is 1. The first kappa shape index (κ1) is 12.5. The Hall–Kier alpha value is -1.00. The van der Waals surface area contributed by atoms with Gasteiger partial charge in [0, 0.05) is 31.1 Å². The molecule has 1 aromatic carbocycles. The van der Waals surface area contributed by atoms with Crippen LogP contribution < -0.4 is 0 Å². The van der Waals surface area contributed by atoms with Crippen molar-refractivity contribution in [2.75, 3.05) is 31.7 Å². The zero-order chi connectivity index (χ0) is 12.1. The first-order valence-corrected chi connectivity index (χ1v) is 6.93. The van der Waals surface area contributed by atoms with E-state index in [0.29, 0.717) is 5.56 Å². The molecule has 0 atom stereocenters. The molecule has 0 bridgehead atoms. The zero-order valence-electron chi connectivity index (χ0n) is 10.0. The highest BCUT2D eigenvalue weighted by atomic mass is 32.2. The average Bonchev–Trinajstić information content (AvgIpc) is 2.40. The van der Waals surface area contributed by atoms with Gasteiger partial charge < -0.3 is 4.74 Å². The number of esters is 1. The predicted octanol–water partition coefficient (Wildman–Crippen LogP) is 2.02. The molecule has 0 saturated carbocycles. The van der Waals surface area contributed by atoms with Crippen molar-refractivity contribution >= 4 is 17.7 Å². The van der Waals surface area contributed by atoms with Gasteiger partial charge in [-0.3, -0.25) is 4.90 Å². The van der Waals surface area contributed by atoms with Gasteiger partial charge in [0.1, 0.15) is 0 Å². The van der Waals surface area contributed by atoms with Gasteiger partial charge >= 0.3 is 5.97 Å². The van der Waals surface area contributed by atoms with Crippen LogP contribution in [0.4, 0.5) is 0 Å². The lowest BCUT2D eigenvalue weighted by molar-refractivity contribution is 0.0598. The molecule has 1 aromatic rings. The minimum atomic E-state index is -0.244. The van der Waals surface area contributed by atoms with Gasteiger partial charge in [0.05, 0.1) is 12.7 Å². The van der Waals surface area contributed by atoms with Crippen LogP contribution in [0, 0.1) is 0 Å². The topological polar surface area (TPSA) is 29.5 Å². The van der Waals surface area contributed by atoms with Crippen LogP contribution in [-0.2, 0) is 11.3 Å². The molecule has 4 heteroatoms. The number of hydrogen-bond donors (Lipinski definition) is 0. The fourth-order valence-electron chi connectivity index (χ4n) is 1.97. The first-order chi connectivity index (χ1) is 8.31. The van der Waals surface area contributed by atoms with E-state index in [1.165, 1.54) is 18.6 Å². The van der Waals surface area contributed by atoms with E-state index in [1.807, 2.05) is 36.0 Å². The molecule has 0 N–H and O–H groups in total. The van der Waals surface area contributed by atoms with Crippen molar-refractivity contribution in [2.24, 2.45) is 0 Å². The molecule has 1 aliphatic rings. The maximum atomic E-state index is 11.6. The summed E-state index contributed by atoms with van der Waals surface area (Å²) in [7, 11) is 1.43. The summed E-state index contributed by atoms with van der Waals surface area (Å²) < 4.78 is 4.80. The molecular weight excluding hydrogens is 234 g/mol. The number of carbonyl (C=O) groups excluding carboxylic acids is 1. The van der Waals surface area contributed by atoms with E-state index in [-0.39, 0.29) is 5.97 Å². The quantitative estimate of drug-likeness (QED) is 0.769. The summed E-state index contributed by atoms with van der Waals surface area (Å²) in [4.78, 5) is 14.0. The standard InChI is InChI=1S/C13H17NO2S/c1-16-13(15)12-5-3-2-4-11(12)10-14-6-8-17-9-7-14/h2-5H,6-10H2,1H3. The second kappa shape index (κ2) is 6.07. The Labute approximate surface area is 106 Å². The highest BCUT2D eigenvalue weighted by Crippen LogP contribution is 2.16. The number of benzene rings is 1. The second-order valence-electron chi connectivity index (χ2n) is 4.04. The van der Waals surface area contributed by atoms with E-state index in [2.05, 4.69) is 4.90 Å². The molecule has 17 heavy (non-hydrogen) atoms. The van der Waals surface area contributed by atoms with E-state index in [1.54, 1.807) is 0 Å². The van der Waals surface area contributed by atoms with Gasteiger partial charge in [-0.05, 0) is 11.6 Å². The Balaban J connectivity index is 2.11. The number of nitrogens with zero attached hydrogens (tertiary/aromatic N) is 1. The number of carbonyl (C=O) groups is 1. The minimum Gasteiger partial charge on any atom is -0.465 e. The van der Waals surface area contributed by atoms with Crippen molar-refractivity contribution in [3.05, 3.63) is 35.4 Å². The third kappa shape index (κ3) is 3.23. The largest absolute Gasteiger partial charge is 0.465 e. The lowest BCUT2D eigenvalue weighted by atomic mass is 10.1. The van der Waals surface area contributed by atoms with E-state index < -0.39 is 0 Å². The van der Waals surface area contributed by atoms with Crippen molar-refractivity contribution in [3.8, 4) is 0 Å². The van der Waals surface area contributed by atoms with Crippen molar-refractivity contribution < 1.29 is 9.53 Å². The number of rotatable bonds is 3. The smallest absolute Gasteiger partial charge is 0.338 e. The van der Waals surface area contributed by atoms with Gasteiger partial charge in [-0.1, -0.05) is 18.2 Å². The monoisotopic (exact) mass is 251 g/mol. The molecule has 2 rings (SSSR count). The summed E-state index contributed by atoms with van der Waals surface area (Å²) in [5.74, 6) is 2.12. The molecule has 0 spiro atoms. The summed E-state index contributed by atoms with van der Waals surface area (Å²) in [6.45, 7) is 3.03. The summed E-state index contributed by atoms with van der Waals surface area (Å²) in [5, 5.41) is 0. The molecule has 1 saturated heterocycles. The zero-order valence-corrected chi connectivity index (χ0v) is 10.8. The molecule has 1 heterocycles. The van der Waals surface area contributed by atoms with Crippen LogP contribution in [0.5, 0.6) is 0 Å². The number of thioether (sulfide) groups is 1. The fourth-order valence-corrected chi connectivity index (χ4v) is 2.95. The normalized spacial score (nSPS) is 16.8. The Bertz CT molecular complexity index is 389. The summed E-state index contributed by atoms with van der Waals surface area (Å²) in [6, 6.07) is 7.69. The van der Waals surface area contributed by atoms with Gasteiger partial charge in [0.25, 0.3) is 0 Å². The van der Waals surface area contributed by atoms with Crippen LogP contribution in [0.15, 0.2) is 24.3 Å². The molecule has 0 aliphatic carbocycles. The first-order valence-electron chi connectivity index (χ1n) is 5.77. The molecule has 92 valence electrons. The maximum Gasteiger partial charge on any atom is 0.338 e. The van der Waals surface area contributed by atoms with Gasteiger partial charge in [-0.15, -0.1) is 0 Å². The summed E-state index contributed by atoms with van der Waals surface area (Å²) in [5.41, 5.74) is 1.75. The fraction of sp³-hybridized carbons (Fsp3) is 0.462. The number of hydrogen-bond acceptors (Lipinski definition) is 4. The molecule has 3 nitrogen and oxygen atoms in total. The van der Waals surface area contributed by atoms with Crippen molar-refractivity contribution in [3.63, 3.8) is 0 Å². The lowest BCUT2D eigenvalue weighted by Gasteiger charge is -2.26. The Morgan fingerprint density at radius 2 is 2.06 bits per heavy atom. The molecular formula is C13H17NO2S. The molecule has 1 aliphatic heterocycles. The lowest BCUT2D eigenvalue weighted by Crippen LogP contribution is -2.32. The Morgan fingerprint density at radius 3 is 2.76 bits per heavy atom. The van der Waals surface area contributed by atoms with E-state index >= 15 is 0 Å². The van der Waals surface area contributed by atoms with Crippen LogP contribution in [0.25, 0.3) is 0 Å². The van der Waals surface area contributed by atoms with Crippen LogP contribution >= 0.6 is 11.8 Å². The molecule has 1 fully saturated rings. The van der Waals surface area contributed by atoms with E-state index in [9.17, 15) is 4.79 Å². The highest BCUT2D eigenvalue weighted by molar-refractivity contribution is 7.99. The van der Waals surface area contributed by atoms with Gasteiger partial charge in [-0.25, -0.2) is 4.79 Å². The SMILES string of the molecule is COC(=O)c1ccccc1CN1CCSCC1. The Kier molecular flexibility index (Phi) is 4.45. The van der Waals surface area contributed by atoms with Crippen molar-refractivity contribution in [1.29, 1.82) is 0 Å². The van der Waals surface area contributed by atoms with Gasteiger partial charge in [0.15, 0.2) is 0 Å². The summed E-state index contributed by atoms with van der Waals surface area (Å²) >= 11 is 1.99. The molecule has 0 radical (unpaired) electrons. The van der Waals surface area contributed by atoms with Gasteiger partial charge in [-0.2, -0.15) is 11.8 Å². The van der Waals surface area contributed by atoms with E-state index in [0.717, 1.165) is 25.2 Å². The minimum absolute atomic E-state index is 0.244. The maximum absolute atomic E-state index is 11.6. The molecule has 0 aromatic heterocycles. The van der Waals surface area contributed by atoms with Crippen LogP contribution in [-0.4, -0.2) is 42.6 Å². The molecule has 0 unspecified atom stereocenters. The second-order valence-corrected chi connectivity index (χ2v) is 5.26. The summed E-state index contributed by atoms with van der Waals surface area (Å²) in [6.07, 6.45) is 0. The van der Waals surface area contributed by atoms with Crippen LogP contribution in [0.2, 0.25) is 0 Å². The third-order valence-corrected chi connectivity index (χ3v) is 3.86. The third-order valence-electron chi connectivity index (χ3n) is 2.92. The van der Waals surface area contributed by atoms with Gasteiger partial charge in [0.2, 0.25) is 0 Å². The highest BCUT2D eigenvalue weighted by Gasteiger charge is 2.15. The predicted molar refractivity (Wildman–Crippen MR) is 70.4 cm³/mol. The van der Waals surface area contributed by atoms with Crippen molar-refractivity contribution in [1.82, 2.24) is 4.90 Å². The van der Waals surface area contributed by atoms with Crippen molar-refractivity contribution in [2.45, 2.75) is 6.54 Å². The van der Waals surface area contributed by atoms with Crippen LogP contribution in [0.3, 0.4) is 0 Å².